The lowest BCUT2D eigenvalue weighted by molar-refractivity contribution is -0.119. The third kappa shape index (κ3) is 3.34. The molecule has 1 amide bonds. The standard InChI is InChI=1S/C10H12INO/c1-7(12-8(2)13)9-3-5-10(11)6-4-9/h3-7H,1-2H3,(H,12,13)/t7-/m0/s1. The van der Waals surface area contributed by atoms with Crippen LogP contribution in [0.1, 0.15) is 25.5 Å². The highest BCUT2D eigenvalue weighted by molar-refractivity contribution is 14.1. The van der Waals surface area contributed by atoms with Crippen LogP contribution in [0.15, 0.2) is 24.3 Å². The van der Waals surface area contributed by atoms with E-state index in [0.717, 1.165) is 5.56 Å². The molecule has 0 aromatic heterocycles. The van der Waals surface area contributed by atoms with Crippen LogP contribution in [0.4, 0.5) is 0 Å². The molecule has 0 aliphatic carbocycles. The van der Waals surface area contributed by atoms with E-state index < -0.39 is 0 Å². The summed E-state index contributed by atoms with van der Waals surface area (Å²) in [5.74, 6) is 0.00560. The van der Waals surface area contributed by atoms with E-state index in [1.165, 1.54) is 10.5 Å². The Morgan fingerprint density at radius 3 is 2.38 bits per heavy atom. The second-order valence-corrected chi connectivity index (χ2v) is 4.22. The van der Waals surface area contributed by atoms with Crippen molar-refractivity contribution in [1.82, 2.24) is 5.32 Å². The van der Waals surface area contributed by atoms with Gasteiger partial charge in [0.05, 0.1) is 6.04 Å². The summed E-state index contributed by atoms with van der Waals surface area (Å²) in [6.45, 7) is 3.51. The number of amides is 1. The van der Waals surface area contributed by atoms with Crippen LogP contribution < -0.4 is 5.32 Å². The van der Waals surface area contributed by atoms with Crippen molar-refractivity contribution in [3.63, 3.8) is 0 Å². The number of hydrogen-bond acceptors (Lipinski definition) is 1. The highest BCUT2D eigenvalue weighted by Gasteiger charge is 2.04. The van der Waals surface area contributed by atoms with Crippen LogP contribution in [0.5, 0.6) is 0 Å². The first kappa shape index (κ1) is 10.5. The smallest absolute Gasteiger partial charge is 0.217 e. The molecular formula is C10H12INO. The zero-order valence-corrected chi connectivity index (χ0v) is 9.83. The van der Waals surface area contributed by atoms with Crippen LogP contribution in [-0.2, 0) is 4.79 Å². The molecule has 0 aliphatic heterocycles. The Morgan fingerprint density at radius 2 is 1.92 bits per heavy atom. The molecule has 0 spiro atoms. The molecule has 13 heavy (non-hydrogen) atoms. The average Bonchev–Trinajstić information content (AvgIpc) is 2.04. The van der Waals surface area contributed by atoms with Gasteiger partial charge in [0, 0.05) is 10.5 Å². The predicted molar refractivity (Wildman–Crippen MR) is 61.4 cm³/mol. The molecule has 2 nitrogen and oxygen atoms in total. The van der Waals surface area contributed by atoms with Gasteiger partial charge >= 0.3 is 0 Å². The molecule has 1 atom stereocenters. The summed E-state index contributed by atoms with van der Waals surface area (Å²) in [5.41, 5.74) is 1.13. The molecule has 70 valence electrons. The van der Waals surface area contributed by atoms with E-state index in [1.807, 2.05) is 31.2 Å². The van der Waals surface area contributed by atoms with Gasteiger partial charge in [0.25, 0.3) is 0 Å². The first-order valence-electron chi connectivity index (χ1n) is 4.12. The molecule has 0 aliphatic rings. The highest BCUT2D eigenvalue weighted by atomic mass is 127. The molecular weight excluding hydrogens is 277 g/mol. The summed E-state index contributed by atoms with van der Waals surface area (Å²) in [6, 6.07) is 8.22. The summed E-state index contributed by atoms with van der Waals surface area (Å²) < 4.78 is 1.20. The number of rotatable bonds is 2. The maximum atomic E-state index is 10.8. The Bertz CT molecular complexity index is 294. The number of hydrogen-bond donors (Lipinski definition) is 1. The van der Waals surface area contributed by atoms with Crippen LogP contribution in [0.25, 0.3) is 0 Å². The lowest BCUT2D eigenvalue weighted by atomic mass is 10.1. The molecule has 0 fully saturated rings. The number of carbonyl (C=O) groups excluding carboxylic acids is 1. The summed E-state index contributed by atoms with van der Waals surface area (Å²) in [5, 5.41) is 2.84. The van der Waals surface area contributed by atoms with Crippen LogP contribution in [0.2, 0.25) is 0 Å². The second-order valence-electron chi connectivity index (χ2n) is 2.97. The van der Waals surface area contributed by atoms with Crippen molar-refractivity contribution < 1.29 is 4.79 Å². The van der Waals surface area contributed by atoms with E-state index >= 15 is 0 Å². The van der Waals surface area contributed by atoms with Crippen molar-refractivity contribution in [2.45, 2.75) is 19.9 Å². The number of carbonyl (C=O) groups is 1. The van der Waals surface area contributed by atoms with Crippen LogP contribution in [0.3, 0.4) is 0 Å². The Labute approximate surface area is 91.9 Å². The molecule has 1 aromatic carbocycles. The molecule has 0 saturated heterocycles. The van der Waals surface area contributed by atoms with Crippen molar-refractivity contribution in [2.24, 2.45) is 0 Å². The summed E-state index contributed by atoms with van der Waals surface area (Å²) >= 11 is 2.26. The van der Waals surface area contributed by atoms with Gasteiger partial charge in [-0.25, -0.2) is 0 Å². The van der Waals surface area contributed by atoms with Crippen molar-refractivity contribution >= 4 is 28.5 Å². The van der Waals surface area contributed by atoms with Gasteiger partial charge in [-0.2, -0.15) is 0 Å². The van der Waals surface area contributed by atoms with Gasteiger partial charge in [-0.05, 0) is 47.2 Å². The van der Waals surface area contributed by atoms with E-state index in [-0.39, 0.29) is 11.9 Å². The van der Waals surface area contributed by atoms with Crippen molar-refractivity contribution in [3.8, 4) is 0 Å². The highest BCUT2D eigenvalue weighted by Crippen LogP contribution is 2.13. The lowest BCUT2D eigenvalue weighted by Gasteiger charge is -2.12. The Morgan fingerprint density at radius 1 is 1.38 bits per heavy atom. The van der Waals surface area contributed by atoms with Crippen molar-refractivity contribution in [1.29, 1.82) is 0 Å². The second kappa shape index (κ2) is 4.60. The minimum Gasteiger partial charge on any atom is -0.350 e. The first-order chi connectivity index (χ1) is 6.09. The zero-order valence-electron chi connectivity index (χ0n) is 7.67. The molecule has 1 rings (SSSR count). The fraction of sp³-hybridized carbons (Fsp3) is 0.300. The Hall–Kier alpha value is -0.580. The number of halogens is 1. The molecule has 0 saturated carbocycles. The van der Waals surface area contributed by atoms with Gasteiger partial charge < -0.3 is 5.32 Å². The Balaban J connectivity index is 2.71. The minimum absolute atomic E-state index is 0.00560. The number of nitrogens with one attached hydrogen (secondary N) is 1. The monoisotopic (exact) mass is 289 g/mol. The molecule has 1 aromatic rings. The number of benzene rings is 1. The van der Waals surface area contributed by atoms with E-state index in [9.17, 15) is 4.79 Å². The molecule has 0 heterocycles. The lowest BCUT2D eigenvalue weighted by Crippen LogP contribution is -2.23. The summed E-state index contributed by atoms with van der Waals surface area (Å²) in [4.78, 5) is 10.8. The predicted octanol–water partition coefficient (Wildman–Crippen LogP) is 2.49. The van der Waals surface area contributed by atoms with Gasteiger partial charge in [-0.15, -0.1) is 0 Å². The summed E-state index contributed by atoms with van der Waals surface area (Å²) in [7, 11) is 0. The molecule has 0 unspecified atom stereocenters. The van der Waals surface area contributed by atoms with Crippen LogP contribution in [-0.4, -0.2) is 5.91 Å². The van der Waals surface area contributed by atoms with Gasteiger partial charge in [-0.1, -0.05) is 12.1 Å². The molecule has 3 heteroatoms. The van der Waals surface area contributed by atoms with Gasteiger partial charge in [0.1, 0.15) is 0 Å². The molecule has 0 bridgehead atoms. The van der Waals surface area contributed by atoms with Gasteiger partial charge in [-0.3, -0.25) is 4.79 Å². The molecule has 0 radical (unpaired) electrons. The zero-order chi connectivity index (χ0) is 9.84. The third-order valence-electron chi connectivity index (χ3n) is 1.79. The van der Waals surface area contributed by atoms with E-state index in [4.69, 9.17) is 0 Å². The fourth-order valence-corrected chi connectivity index (χ4v) is 1.50. The maximum absolute atomic E-state index is 10.8. The van der Waals surface area contributed by atoms with Crippen molar-refractivity contribution in [3.05, 3.63) is 33.4 Å². The third-order valence-corrected chi connectivity index (χ3v) is 2.51. The van der Waals surface area contributed by atoms with E-state index in [0.29, 0.717) is 0 Å². The fourth-order valence-electron chi connectivity index (χ4n) is 1.14. The molecule has 1 N–H and O–H groups in total. The van der Waals surface area contributed by atoms with E-state index in [2.05, 4.69) is 27.9 Å². The van der Waals surface area contributed by atoms with Crippen LogP contribution >= 0.6 is 22.6 Å². The van der Waals surface area contributed by atoms with Gasteiger partial charge in [0.15, 0.2) is 0 Å². The largest absolute Gasteiger partial charge is 0.350 e. The summed E-state index contributed by atoms with van der Waals surface area (Å²) in [6.07, 6.45) is 0. The van der Waals surface area contributed by atoms with Crippen molar-refractivity contribution in [2.75, 3.05) is 0 Å². The van der Waals surface area contributed by atoms with E-state index in [1.54, 1.807) is 0 Å². The SMILES string of the molecule is CC(=O)N[C@@H](C)c1ccc(I)cc1. The Kier molecular flexibility index (Phi) is 3.71. The minimum atomic E-state index is 0.00560. The first-order valence-corrected chi connectivity index (χ1v) is 5.20. The normalized spacial score (nSPS) is 12.2. The quantitative estimate of drug-likeness (QED) is 0.833. The maximum Gasteiger partial charge on any atom is 0.217 e. The topological polar surface area (TPSA) is 29.1 Å². The van der Waals surface area contributed by atoms with Gasteiger partial charge in [0.2, 0.25) is 5.91 Å². The average molecular weight is 289 g/mol. The van der Waals surface area contributed by atoms with Crippen LogP contribution in [0, 0.1) is 3.57 Å².